The zero-order valence-corrected chi connectivity index (χ0v) is 22.7. The molecule has 3 N–H and O–H groups in total. The topological polar surface area (TPSA) is 85.8 Å². The van der Waals surface area contributed by atoms with E-state index in [-0.39, 0.29) is 47.4 Å². The average molecular weight is 566 g/mol. The molecule has 1 aromatic rings. The van der Waals surface area contributed by atoms with Crippen LogP contribution in [0.1, 0.15) is 58.6 Å². The van der Waals surface area contributed by atoms with Crippen molar-refractivity contribution < 1.29 is 8.42 Å². The molecular formula is C22H40IN5O2S. The summed E-state index contributed by atoms with van der Waals surface area (Å²) in [4.78, 5) is 4.35. The van der Waals surface area contributed by atoms with Crippen molar-refractivity contribution in [2.75, 3.05) is 32.4 Å². The van der Waals surface area contributed by atoms with E-state index in [0.717, 1.165) is 18.8 Å². The molecule has 31 heavy (non-hydrogen) atoms. The van der Waals surface area contributed by atoms with Crippen LogP contribution in [0.2, 0.25) is 0 Å². The highest BCUT2D eigenvalue weighted by atomic mass is 127. The summed E-state index contributed by atoms with van der Waals surface area (Å²) in [5.74, 6) is 0.991. The van der Waals surface area contributed by atoms with E-state index < -0.39 is 10.0 Å². The molecular weight excluding hydrogens is 525 g/mol. The van der Waals surface area contributed by atoms with Gasteiger partial charge in [0.15, 0.2) is 5.96 Å². The quantitative estimate of drug-likeness (QED) is 0.244. The lowest BCUT2D eigenvalue weighted by Crippen LogP contribution is -2.54. The van der Waals surface area contributed by atoms with E-state index in [4.69, 9.17) is 0 Å². The molecule has 1 aromatic carbocycles. The molecule has 0 saturated carbocycles. The van der Waals surface area contributed by atoms with E-state index in [1.807, 2.05) is 13.0 Å². The fourth-order valence-electron chi connectivity index (χ4n) is 3.82. The van der Waals surface area contributed by atoms with E-state index in [9.17, 15) is 8.42 Å². The highest BCUT2D eigenvalue weighted by Crippen LogP contribution is 2.17. The Morgan fingerprint density at radius 3 is 2.39 bits per heavy atom. The largest absolute Gasteiger partial charge is 0.355 e. The first-order chi connectivity index (χ1) is 14.2. The van der Waals surface area contributed by atoms with Crippen LogP contribution in [0.5, 0.6) is 0 Å². The number of benzene rings is 1. The lowest BCUT2D eigenvalue weighted by atomic mass is 10.0. The molecule has 0 amide bonds. The van der Waals surface area contributed by atoms with Gasteiger partial charge in [0.25, 0.3) is 0 Å². The highest BCUT2D eigenvalue weighted by Gasteiger charge is 2.28. The van der Waals surface area contributed by atoms with Crippen molar-refractivity contribution in [3.8, 4) is 0 Å². The van der Waals surface area contributed by atoms with Crippen molar-refractivity contribution in [3.63, 3.8) is 0 Å². The van der Waals surface area contributed by atoms with Crippen molar-refractivity contribution >= 4 is 40.0 Å². The highest BCUT2D eigenvalue weighted by molar-refractivity contribution is 14.0. The third kappa shape index (κ3) is 9.23. The number of aliphatic imine (C=N–C) groups is 1. The molecule has 1 saturated heterocycles. The minimum absolute atomic E-state index is 0. The fourth-order valence-corrected chi connectivity index (χ4v) is 5.36. The van der Waals surface area contributed by atoms with Crippen LogP contribution in [0, 0.1) is 0 Å². The molecule has 0 spiro atoms. The third-order valence-electron chi connectivity index (χ3n) is 5.48. The van der Waals surface area contributed by atoms with Crippen LogP contribution in [-0.2, 0) is 10.0 Å². The molecule has 2 rings (SSSR count). The number of halogens is 1. The standard InChI is InChI=1S/C22H39N5O2S.HI/c1-6-16-30(28,29)27-14-12-20(13-15-27)25-21(23-5)24-17-22(3,4)26-18(2)19-10-8-7-9-11-19;/h7-11,18,20,26H,6,12-17H2,1-5H3,(H2,23,24,25);1H. The minimum Gasteiger partial charge on any atom is -0.355 e. The first-order valence-electron chi connectivity index (χ1n) is 10.9. The predicted octanol–water partition coefficient (Wildman–Crippen LogP) is 3.10. The summed E-state index contributed by atoms with van der Waals surface area (Å²) in [6, 6.07) is 10.9. The minimum atomic E-state index is -3.10. The van der Waals surface area contributed by atoms with E-state index in [1.165, 1.54) is 5.56 Å². The molecule has 9 heteroatoms. The number of guanidine groups is 1. The van der Waals surface area contributed by atoms with Crippen molar-refractivity contribution in [1.29, 1.82) is 0 Å². The van der Waals surface area contributed by atoms with Crippen molar-refractivity contribution in [2.45, 2.75) is 64.6 Å². The Labute approximate surface area is 205 Å². The molecule has 0 bridgehead atoms. The summed E-state index contributed by atoms with van der Waals surface area (Å²) < 4.78 is 26.1. The van der Waals surface area contributed by atoms with Gasteiger partial charge in [0.2, 0.25) is 10.0 Å². The van der Waals surface area contributed by atoms with E-state index in [0.29, 0.717) is 26.1 Å². The van der Waals surface area contributed by atoms with Gasteiger partial charge in [0.1, 0.15) is 0 Å². The third-order valence-corrected chi connectivity index (χ3v) is 7.55. The van der Waals surface area contributed by atoms with Crippen LogP contribution >= 0.6 is 24.0 Å². The Balaban J connectivity index is 0.00000480. The van der Waals surface area contributed by atoms with Crippen LogP contribution < -0.4 is 16.0 Å². The molecule has 1 heterocycles. The maximum Gasteiger partial charge on any atom is 0.214 e. The van der Waals surface area contributed by atoms with Crippen LogP contribution in [-0.4, -0.2) is 62.7 Å². The monoisotopic (exact) mass is 565 g/mol. The lowest BCUT2D eigenvalue weighted by Gasteiger charge is -2.34. The van der Waals surface area contributed by atoms with Crippen molar-refractivity contribution in [1.82, 2.24) is 20.3 Å². The molecule has 0 aromatic heterocycles. The van der Waals surface area contributed by atoms with Gasteiger partial charge >= 0.3 is 0 Å². The van der Waals surface area contributed by atoms with E-state index in [2.05, 4.69) is 66.0 Å². The number of nitrogens with one attached hydrogen (secondary N) is 3. The Bertz CT molecular complexity index is 778. The van der Waals surface area contributed by atoms with Crippen molar-refractivity contribution in [3.05, 3.63) is 35.9 Å². The molecule has 0 aliphatic carbocycles. The van der Waals surface area contributed by atoms with Gasteiger partial charge in [-0.2, -0.15) is 0 Å². The van der Waals surface area contributed by atoms with Gasteiger partial charge in [-0.25, -0.2) is 12.7 Å². The van der Waals surface area contributed by atoms with Gasteiger partial charge in [0, 0.05) is 44.3 Å². The summed E-state index contributed by atoms with van der Waals surface area (Å²) in [5.41, 5.74) is 1.13. The van der Waals surface area contributed by atoms with Crippen LogP contribution in [0.3, 0.4) is 0 Å². The number of rotatable bonds is 9. The zero-order valence-electron chi connectivity index (χ0n) is 19.5. The number of hydrogen-bond donors (Lipinski definition) is 3. The van der Waals surface area contributed by atoms with Gasteiger partial charge in [0.05, 0.1) is 5.75 Å². The second-order valence-electron chi connectivity index (χ2n) is 8.72. The molecule has 0 radical (unpaired) electrons. The Morgan fingerprint density at radius 1 is 1.23 bits per heavy atom. The van der Waals surface area contributed by atoms with Gasteiger partial charge < -0.3 is 16.0 Å². The van der Waals surface area contributed by atoms with Gasteiger partial charge in [-0.3, -0.25) is 4.99 Å². The molecule has 1 atom stereocenters. The van der Waals surface area contributed by atoms with Gasteiger partial charge in [-0.1, -0.05) is 37.3 Å². The second kappa shape index (κ2) is 13.0. The van der Waals surface area contributed by atoms with Crippen molar-refractivity contribution in [2.24, 2.45) is 4.99 Å². The number of hydrogen-bond acceptors (Lipinski definition) is 4. The van der Waals surface area contributed by atoms with Gasteiger partial charge in [-0.15, -0.1) is 24.0 Å². The fraction of sp³-hybridized carbons (Fsp3) is 0.682. The maximum absolute atomic E-state index is 12.2. The molecule has 7 nitrogen and oxygen atoms in total. The maximum atomic E-state index is 12.2. The smallest absolute Gasteiger partial charge is 0.214 e. The van der Waals surface area contributed by atoms with E-state index >= 15 is 0 Å². The predicted molar refractivity (Wildman–Crippen MR) is 141 cm³/mol. The van der Waals surface area contributed by atoms with Gasteiger partial charge in [-0.05, 0) is 45.6 Å². The zero-order chi connectivity index (χ0) is 22.2. The Kier molecular flexibility index (Phi) is 11.8. The number of piperidine rings is 1. The Morgan fingerprint density at radius 2 is 1.84 bits per heavy atom. The summed E-state index contributed by atoms with van der Waals surface area (Å²) in [5, 5.41) is 10.5. The van der Waals surface area contributed by atoms with Crippen LogP contribution in [0.15, 0.2) is 35.3 Å². The summed E-state index contributed by atoms with van der Waals surface area (Å²) in [6.07, 6.45) is 2.23. The van der Waals surface area contributed by atoms with Crippen LogP contribution in [0.25, 0.3) is 0 Å². The van der Waals surface area contributed by atoms with Crippen LogP contribution in [0.4, 0.5) is 0 Å². The summed E-state index contributed by atoms with van der Waals surface area (Å²) in [7, 11) is -1.34. The summed E-state index contributed by atoms with van der Waals surface area (Å²) in [6.45, 7) is 10.3. The number of nitrogens with zero attached hydrogens (tertiary/aromatic N) is 2. The SMILES string of the molecule is CCCS(=O)(=O)N1CCC(NC(=NC)NCC(C)(C)NC(C)c2ccccc2)CC1.I. The second-order valence-corrected chi connectivity index (χ2v) is 10.8. The first-order valence-corrected chi connectivity index (χ1v) is 12.6. The summed E-state index contributed by atoms with van der Waals surface area (Å²) >= 11 is 0. The molecule has 178 valence electrons. The molecule has 1 fully saturated rings. The Hall–Kier alpha value is -0.910. The molecule has 1 unspecified atom stereocenters. The lowest BCUT2D eigenvalue weighted by molar-refractivity contribution is 0.304. The molecule has 1 aliphatic rings. The average Bonchev–Trinajstić information content (AvgIpc) is 2.71. The first kappa shape index (κ1) is 28.1. The number of sulfonamides is 1. The van der Waals surface area contributed by atoms with E-state index in [1.54, 1.807) is 11.4 Å². The normalized spacial score (nSPS) is 17.6. The molecule has 1 aliphatic heterocycles.